The molecule has 0 saturated carbocycles. The van der Waals surface area contributed by atoms with E-state index in [1.807, 2.05) is 32.0 Å². The number of hydrogen-bond donors (Lipinski definition) is 1. The molecule has 7 nitrogen and oxygen atoms in total. The second kappa shape index (κ2) is 11.1. The molecule has 29 heavy (non-hydrogen) atoms. The van der Waals surface area contributed by atoms with E-state index in [-0.39, 0.29) is 17.9 Å². The van der Waals surface area contributed by atoms with E-state index in [0.717, 1.165) is 37.9 Å². The SMILES string of the molecule is CC(C)OCCCNC(=O)C1CCN(Cc2nnc(Cc3ccccc3)o2)CC1. The molecule has 1 amide bonds. The van der Waals surface area contributed by atoms with Crippen LogP contribution in [0.1, 0.15) is 50.5 Å². The van der Waals surface area contributed by atoms with Gasteiger partial charge >= 0.3 is 0 Å². The van der Waals surface area contributed by atoms with Crippen molar-refractivity contribution >= 4 is 5.91 Å². The van der Waals surface area contributed by atoms with Gasteiger partial charge in [0.2, 0.25) is 17.7 Å². The van der Waals surface area contributed by atoms with E-state index < -0.39 is 0 Å². The lowest BCUT2D eigenvalue weighted by Gasteiger charge is -2.30. The molecular formula is C22H32N4O3. The Labute approximate surface area is 172 Å². The largest absolute Gasteiger partial charge is 0.424 e. The Morgan fingerprint density at radius 2 is 1.93 bits per heavy atom. The summed E-state index contributed by atoms with van der Waals surface area (Å²) in [6.45, 7) is 7.78. The topological polar surface area (TPSA) is 80.5 Å². The number of likely N-dealkylation sites (tertiary alicyclic amines) is 1. The van der Waals surface area contributed by atoms with Gasteiger partial charge in [-0.3, -0.25) is 9.69 Å². The average Bonchev–Trinajstić information content (AvgIpc) is 3.15. The van der Waals surface area contributed by atoms with Crippen molar-refractivity contribution in [2.75, 3.05) is 26.2 Å². The van der Waals surface area contributed by atoms with Crippen LogP contribution in [0.3, 0.4) is 0 Å². The predicted molar refractivity (Wildman–Crippen MR) is 110 cm³/mol. The van der Waals surface area contributed by atoms with E-state index in [1.54, 1.807) is 0 Å². The first-order chi connectivity index (χ1) is 14.1. The van der Waals surface area contributed by atoms with Gasteiger partial charge in [-0.25, -0.2) is 0 Å². The Kier molecular flexibility index (Phi) is 8.19. The second-order valence-corrected chi connectivity index (χ2v) is 7.87. The van der Waals surface area contributed by atoms with Crippen LogP contribution in [0.15, 0.2) is 34.7 Å². The average molecular weight is 401 g/mol. The van der Waals surface area contributed by atoms with Gasteiger partial charge in [-0.15, -0.1) is 10.2 Å². The maximum absolute atomic E-state index is 12.3. The lowest BCUT2D eigenvalue weighted by molar-refractivity contribution is -0.126. The summed E-state index contributed by atoms with van der Waals surface area (Å²) >= 11 is 0. The second-order valence-electron chi connectivity index (χ2n) is 7.87. The first kappa shape index (κ1) is 21.5. The Hall–Kier alpha value is -2.25. The summed E-state index contributed by atoms with van der Waals surface area (Å²) < 4.78 is 11.3. The molecule has 0 radical (unpaired) electrons. The van der Waals surface area contributed by atoms with Crippen LogP contribution in [0, 0.1) is 5.92 Å². The summed E-state index contributed by atoms with van der Waals surface area (Å²) in [5, 5.41) is 11.4. The van der Waals surface area contributed by atoms with Crippen LogP contribution >= 0.6 is 0 Å². The number of carbonyl (C=O) groups excluding carboxylic acids is 1. The Balaban J connectivity index is 1.35. The number of piperidine rings is 1. The highest BCUT2D eigenvalue weighted by molar-refractivity contribution is 5.78. The third-order valence-corrected chi connectivity index (χ3v) is 5.10. The molecular weight excluding hydrogens is 368 g/mol. The molecule has 1 aromatic carbocycles. The zero-order valence-corrected chi connectivity index (χ0v) is 17.5. The van der Waals surface area contributed by atoms with E-state index >= 15 is 0 Å². The number of benzene rings is 1. The van der Waals surface area contributed by atoms with E-state index in [4.69, 9.17) is 9.15 Å². The van der Waals surface area contributed by atoms with Crippen LogP contribution < -0.4 is 5.32 Å². The molecule has 1 saturated heterocycles. The summed E-state index contributed by atoms with van der Waals surface area (Å²) in [7, 11) is 0. The molecule has 0 atom stereocenters. The molecule has 0 unspecified atom stereocenters. The van der Waals surface area contributed by atoms with Crippen LogP contribution in [-0.2, 0) is 22.5 Å². The van der Waals surface area contributed by atoms with Gasteiger partial charge in [0.05, 0.1) is 19.1 Å². The van der Waals surface area contributed by atoms with Crippen molar-refractivity contribution in [1.29, 1.82) is 0 Å². The monoisotopic (exact) mass is 400 g/mol. The maximum Gasteiger partial charge on any atom is 0.230 e. The van der Waals surface area contributed by atoms with Crippen molar-refractivity contribution in [3.05, 3.63) is 47.7 Å². The van der Waals surface area contributed by atoms with Gasteiger partial charge in [0, 0.05) is 19.1 Å². The highest BCUT2D eigenvalue weighted by Crippen LogP contribution is 2.19. The molecule has 1 aromatic heterocycles. The van der Waals surface area contributed by atoms with Crippen molar-refractivity contribution in [3.63, 3.8) is 0 Å². The Morgan fingerprint density at radius 3 is 2.66 bits per heavy atom. The van der Waals surface area contributed by atoms with Crippen LogP contribution in [0.25, 0.3) is 0 Å². The minimum atomic E-state index is 0.0913. The van der Waals surface area contributed by atoms with Gasteiger partial charge < -0.3 is 14.5 Å². The minimum absolute atomic E-state index is 0.0913. The van der Waals surface area contributed by atoms with E-state index in [1.165, 1.54) is 0 Å². The minimum Gasteiger partial charge on any atom is -0.424 e. The van der Waals surface area contributed by atoms with Crippen molar-refractivity contribution in [2.24, 2.45) is 5.92 Å². The van der Waals surface area contributed by atoms with Gasteiger partial charge in [-0.1, -0.05) is 30.3 Å². The molecule has 2 heterocycles. The number of nitrogens with one attached hydrogen (secondary N) is 1. The zero-order chi connectivity index (χ0) is 20.5. The number of amides is 1. The van der Waals surface area contributed by atoms with Gasteiger partial charge in [0.1, 0.15) is 0 Å². The van der Waals surface area contributed by atoms with Gasteiger partial charge in [0.25, 0.3) is 0 Å². The molecule has 0 spiro atoms. The van der Waals surface area contributed by atoms with E-state index in [9.17, 15) is 4.79 Å². The fourth-order valence-corrected chi connectivity index (χ4v) is 3.49. The smallest absolute Gasteiger partial charge is 0.230 e. The molecule has 1 aliphatic heterocycles. The van der Waals surface area contributed by atoms with E-state index in [0.29, 0.717) is 37.9 Å². The quantitative estimate of drug-likeness (QED) is 0.618. The molecule has 1 aliphatic rings. The molecule has 158 valence electrons. The highest BCUT2D eigenvalue weighted by atomic mass is 16.5. The first-order valence-electron chi connectivity index (χ1n) is 10.6. The number of nitrogens with zero attached hydrogens (tertiary/aromatic N) is 3. The van der Waals surface area contributed by atoms with Crippen molar-refractivity contribution < 1.29 is 13.9 Å². The normalized spacial score (nSPS) is 15.7. The molecule has 0 bridgehead atoms. The van der Waals surface area contributed by atoms with Crippen molar-refractivity contribution in [3.8, 4) is 0 Å². The van der Waals surface area contributed by atoms with Gasteiger partial charge in [-0.2, -0.15) is 0 Å². The van der Waals surface area contributed by atoms with Crippen LogP contribution in [0.4, 0.5) is 0 Å². The summed E-state index contributed by atoms with van der Waals surface area (Å²) in [6, 6.07) is 10.1. The predicted octanol–water partition coefficient (Wildman–Crippen LogP) is 2.80. The number of carbonyl (C=O) groups is 1. The van der Waals surface area contributed by atoms with Crippen LogP contribution in [-0.4, -0.2) is 53.3 Å². The van der Waals surface area contributed by atoms with E-state index in [2.05, 4.69) is 32.5 Å². The third-order valence-electron chi connectivity index (χ3n) is 5.10. The zero-order valence-electron chi connectivity index (χ0n) is 17.5. The van der Waals surface area contributed by atoms with Crippen LogP contribution in [0.2, 0.25) is 0 Å². The number of rotatable bonds is 10. The first-order valence-corrected chi connectivity index (χ1v) is 10.6. The standard InChI is InChI=1S/C22H32N4O3/c1-17(2)28-14-6-11-23-22(27)19-9-12-26(13-10-19)16-21-25-24-20(29-21)15-18-7-4-3-5-8-18/h3-5,7-8,17,19H,6,9-16H2,1-2H3,(H,23,27). The third kappa shape index (κ3) is 7.25. The molecule has 7 heteroatoms. The fourth-order valence-electron chi connectivity index (χ4n) is 3.49. The fraction of sp³-hybridized carbons (Fsp3) is 0.591. The molecule has 1 fully saturated rings. The van der Waals surface area contributed by atoms with Gasteiger partial charge in [0.15, 0.2) is 0 Å². The lowest BCUT2D eigenvalue weighted by atomic mass is 9.96. The van der Waals surface area contributed by atoms with Gasteiger partial charge in [-0.05, 0) is 51.8 Å². The Morgan fingerprint density at radius 1 is 1.21 bits per heavy atom. The van der Waals surface area contributed by atoms with Crippen LogP contribution in [0.5, 0.6) is 0 Å². The summed E-state index contributed by atoms with van der Waals surface area (Å²) in [6.07, 6.45) is 3.46. The van der Waals surface area contributed by atoms with Crippen molar-refractivity contribution in [1.82, 2.24) is 20.4 Å². The maximum atomic E-state index is 12.3. The summed E-state index contributed by atoms with van der Waals surface area (Å²) in [5.74, 6) is 1.54. The number of ether oxygens (including phenoxy) is 1. The number of aromatic nitrogens is 2. The van der Waals surface area contributed by atoms with Crippen molar-refractivity contribution in [2.45, 2.75) is 52.2 Å². The number of hydrogen-bond acceptors (Lipinski definition) is 6. The lowest BCUT2D eigenvalue weighted by Crippen LogP contribution is -2.40. The molecule has 2 aromatic rings. The Bertz CT molecular complexity index is 740. The molecule has 0 aliphatic carbocycles. The highest BCUT2D eigenvalue weighted by Gasteiger charge is 2.25. The molecule has 1 N–H and O–H groups in total. The summed E-state index contributed by atoms with van der Waals surface area (Å²) in [4.78, 5) is 14.6. The summed E-state index contributed by atoms with van der Waals surface area (Å²) in [5.41, 5.74) is 1.16. The molecule has 3 rings (SSSR count).